The highest BCUT2D eigenvalue weighted by Gasteiger charge is 2.26. The van der Waals surface area contributed by atoms with Crippen molar-refractivity contribution in [2.75, 3.05) is 26.3 Å². The molecule has 2 aromatic carbocycles. The number of sulfonamides is 1. The molecule has 3 rings (SSSR count). The van der Waals surface area contributed by atoms with Crippen LogP contribution >= 0.6 is 0 Å². The molecule has 29 heavy (non-hydrogen) atoms. The fraction of sp³-hybridized carbons (Fsp3) is 0.381. The molecule has 0 spiro atoms. The van der Waals surface area contributed by atoms with Gasteiger partial charge in [0, 0.05) is 19.5 Å². The zero-order valence-corrected chi connectivity index (χ0v) is 17.1. The van der Waals surface area contributed by atoms with E-state index in [1.807, 2.05) is 6.92 Å². The monoisotopic (exact) mass is 420 g/mol. The molecule has 8 heteroatoms. The molecular formula is C21H25FN2O4S. The Kier molecular flexibility index (Phi) is 7.00. The number of carbonyl (C=O) groups is 1. The fourth-order valence-electron chi connectivity index (χ4n) is 3.17. The highest BCUT2D eigenvalue weighted by Crippen LogP contribution is 2.18. The van der Waals surface area contributed by atoms with E-state index >= 15 is 0 Å². The third-order valence-corrected chi connectivity index (χ3v) is 6.83. The second kappa shape index (κ2) is 9.47. The number of aryl methyl sites for hydroxylation is 1. The zero-order chi connectivity index (χ0) is 20.9. The topological polar surface area (TPSA) is 75.7 Å². The summed E-state index contributed by atoms with van der Waals surface area (Å²) < 4.78 is 44.9. The third kappa shape index (κ3) is 5.62. The quantitative estimate of drug-likeness (QED) is 0.747. The molecule has 1 amide bonds. The minimum absolute atomic E-state index is 0.119. The molecule has 0 saturated carbocycles. The van der Waals surface area contributed by atoms with Gasteiger partial charge in [0.25, 0.3) is 0 Å². The molecule has 0 aliphatic carbocycles. The number of ether oxygens (including phenoxy) is 1. The van der Waals surface area contributed by atoms with Gasteiger partial charge in [0.1, 0.15) is 5.82 Å². The van der Waals surface area contributed by atoms with Gasteiger partial charge in [-0.25, -0.2) is 12.8 Å². The van der Waals surface area contributed by atoms with Crippen LogP contribution in [0.4, 0.5) is 4.39 Å². The number of hydrogen-bond donors (Lipinski definition) is 1. The van der Waals surface area contributed by atoms with Crippen LogP contribution in [0.15, 0.2) is 53.4 Å². The molecule has 1 N–H and O–H groups in total. The molecule has 0 unspecified atom stereocenters. The molecule has 1 aliphatic heterocycles. The van der Waals surface area contributed by atoms with Gasteiger partial charge in [-0.15, -0.1) is 0 Å². The van der Waals surface area contributed by atoms with Crippen molar-refractivity contribution < 1.29 is 22.3 Å². The van der Waals surface area contributed by atoms with Crippen LogP contribution in [0.3, 0.4) is 0 Å². The van der Waals surface area contributed by atoms with Crippen molar-refractivity contribution >= 4 is 15.9 Å². The summed E-state index contributed by atoms with van der Waals surface area (Å²) in [5, 5.41) is 2.89. The molecular weight excluding hydrogens is 395 g/mol. The molecule has 0 radical (unpaired) electrons. The van der Waals surface area contributed by atoms with Crippen molar-refractivity contribution in [2.45, 2.75) is 30.7 Å². The highest BCUT2D eigenvalue weighted by atomic mass is 32.2. The van der Waals surface area contributed by atoms with E-state index in [-0.39, 0.29) is 29.1 Å². The summed E-state index contributed by atoms with van der Waals surface area (Å²) in [5.41, 5.74) is 1.72. The maximum absolute atomic E-state index is 13.0. The number of halogens is 1. The standard InChI is InChI=1S/C21H25FN2O4S/c1-16(18-5-7-19(22)8-6-18)23-21(25)11-4-17-2-9-20(10-3-17)29(26,27)24-12-14-28-15-13-24/h2-3,5-10,16H,4,11-15H2,1H3,(H,23,25)/t16-/m1/s1. The minimum Gasteiger partial charge on any atom is -0.379 e. The van der Waals surface area contributed by atoms with E-state index < -0.39 is 10.0 Å². The number of hydrogen-bond acceptors (Lipinski definition) is 4. The molecule has 156 valence electrons. The Morgan fingerprint density at radius 2 is 1.72 bits per heavy atom. The Labute approximate surface area is 170 Å². The average molecular weight is 421 g/mol. The molecule has 1 aliphatic rings. The van der Waals surface area contributed by atoms with Crippen molar-refractivity contribution in [3.05, 3.63) is 65.5 Å². The summed E-state index contributed by atoms with van der Waals surface area (Å²) in [6.45, 7) is 3.37. The largest absolute Gasteiger partial charge is 0.379 e. The summed E-state index contributed by atoms with van der Waals surface area (Å²) in [7, 11) is -3.51. The number of rotatable bonds is 7. The van der Waals surface area contributed by atoms with E-state index in [0.29, 0.717) is 32.7 Å². The van der Waals surface area contributed by atoms with E-state index in [1.54, 1.807) is 36.4 Å². The molecule has 1 saturated heterocycles. The molecule has 2 aromatic rings. The van der Waals surface area contributed by atoms with Crippen molar-refractivity contribution in [1.29, 1.82) is 0 Å². The summed E-state index contributed by atoms with van der Waals surface area (Å²) in [5.74, 6) is -0.432. The average Bonchev–Trinajstić information content (AvgIpc) is 2.73. The Balaban J connectivity index is 1.53. The number of morpholine rings is 1. The van der Waals surface area contributed by atoms with Crippen LogP contribution in [0.5, 0.6) is 0 Å². The summed E-state index contributed by atoms with van der Waals surface area (Å²) in [6, 6.07) is 12.5. The third-order valence-electron chi connectivity index (χ3n) is 4.92. The lowest BCUT2D eigenvalue weighted by molar-refractivity contribution is -0.121. The Morgan fingerprint density at radius 3 is 2.34 bits per heavy atom. The zero-order valence-electron chi connectivity index (χ0n) is 16.3. The van der Waals surface area contributed by atoms with Crippen LogP contribution in [-0.4, -0.2) is 44.9 Å². The SMILES string of the molecule is C[C@@H](NC(=O)CCc1ccc(S(=O)(=O)N2CCOCC2)cc1)c1ccc(F)cc1. The summed E-state index contributed by atoms with van der Waals surface area (Å²) in [6.07, 6.45) is 0.779. The first-order valence-corrected chi connectivity index (χ1v) is 11.0. The molecule has 6 nitrogen and oxygen atoms in total. The first-order valence-electron chi connectivity index (χ1n) is 9.58. The van der Waals surface area contributed by atoms with Gasteiger partial charge in [-0.2, -0.15) is 4.31 Å². The first kappa shape index (κ1) is 21.4. The van der Waals surface area contributed by atoms with Gasteiger partial charge in [-0.05, 0) is 48.7 Å². The second-order valence-corrected chi connectivity index (χ2v) is 8.94. The molecule has 0 bridgehead atoms. The number of carbonyl (C=O) groups excluding carboxylic acids is 1. The van der Waals surface area contributed by atoms with E-state index in [1.165, 1.54) is 16.4 Å². The molecule has 1 atom stereocenters. The van der Waals surface area contributed by atoms with Crippen LogP contribution in [0, 0.1) is 5.82 Å². The van der Waals surface area contributed by atoms with Crippen molar-refractivity contribution in [3.63, 3.8) is 0 Å². The number of amides is 1. The Morgan fingerprint density at radius 1 is 1.10 bits per heavy atom. The smallest absolute Gasteiger partial charge is 0.243 e. The molecule has 1 fully saturated rings. The molecule has 0 aromatic heterocycles. The van der Waals surface area contributed by atoms with Crippen LogP contribution in [0.2, 0.25) is 0 Å². The summed E-state index contributed by atoms with van der Waals surface area (Å²) in [4.78, 5) is 12.4. The van der Waals surface area contributed by atoms with E-state index in [2.05, 4.69) is 5.32 Å². The Bertz CT molecular complexity index is 924. The van der Waals surface area contributed by atoms with Crippen molar-refractivity contribution in [1.82, 2.24) is 9.62 Å². The lowest BCUT2D eigenvalue weighted by Crippen LogP contribution is -2.40. The van der Waals surface area contributed by atoms with Gasteiger partial charge >= 0.3 is 0 Å². The normalized spacial score (nSPS) is 16.3. The van der Waals surface area contributed by atoms with E-state index in [4.69, 9.17) is 4.74 Å². The van der Waals surface area contributed by atoms with Crippen LogP contribution in [0.25, 0.3) is 0 Å². The fourth-order valence-corrected chi connectivity index (χ4v) is 4.58. The van der Waals surface area contributed by atoms with Crippen LogP contribution in [-0.2, 0) is 26.0 Å². The van der Waals surface area contributed by atoms with Gasteiger partial charge in [0.2, 0.25) is 15.9 Å². The number of nitrogens with one attached hydrogen (secondary N) is 1. The van der Waals surface area contributed by atoms with Crippen molar-refractivity contribution in [2.24, 2.45) is 0 Å². The predicted octanol–water partition coefficient (Wildman–Crippen LogP) is 2.66. The van der Waals surface area contributed by atoms with Gasteiger partial charge in [-0.1, -0.05) is 24.3 Å². The number of nitrogens with zero attached hydrogens (tertiary/aromatic N) is 1. The lowest BCUT2D eigenvalue weighted by Gasteiger charge is -2.26. The summed E-state index contributed by atoms with van der Waals surface area (Å²) >= 11 is 0. The van der Waals surface area contributed by atoms with Gasteiger partial charge < -0.3 is 10.1 Å². The Hall–Kier alpha value is -2.29. The maximum Gasteiger partial charge on any atom is 0.243 e. The van der Waals surface area contributed by atoms with E-state index in [0.717, 1.165) is 11.1 Å². The van der Waals surface area contributed by atoms with Gasteiger partial charge in [-0.3, -0.25) is 4.79 Å². The van der Waals surface area contributed by atoms with E-state index in [9.17, 15) is 17.6 Å². The maximum atomic E-state index is 13.0. The highest BCUT2D eigenvalue weighted by molar-refractivity contribution is 7.89. The lowest BCUT2D eigenvalue weighted by atomic mass is 10.1. The van der Waals surface area contributed by atoms with Crippen molar-refractivity contribution in [3.8, 4) is 0 Å². The minimum atomic E-state index is -3.51. The molecule has 1 heterocycles. The second-order valence-electron chi connectivity index (χ2n) is 7.00. The predicted molar refractivity (Wildman–Crippen MR) is 107 cm³/mol. The first-order chi connectivity index (χ1) is 13.9. The van der Waals surface area contributed by atoms with Gasteiger partial charge in [0.05, 0.1) is 24.2 Å². The van der Waals surface area contributed by atoms with Crippen LogP contribution < -0.4 is 5.32 Å². The van der Waals surface area contributed by atoms with Crippen LogP contribution in [0.1, 0.15) is 30.5 Å². The number of benzene rings is 2. The van der Waals surface area contributed by atoms with Gasteiger partial charge in [0.15, 0.2) is 0 Å².